The number of ether oxygens (including phenoxy) is 1. The number of rotatable bonds is 4. The number of nitrogens with two attached hydrogens (primary N) is 1. The monoisotopic (exact) mass is 337 g/mol. The number of carbonyl (C=O) groups excluding carboxylic acids is 1. The van der Waals surface area contributed by atoms with Gasteiger partial charge in [-0.3, -0.25) is 4.79 Å². The van der Waals surface area contributed by atoms with Crippen LogP contribution in [0, 0.1) is 5.82 Å². The van der Waals surface area contributed by atoms with Gasteiger partial charge in [-0.2, -0.15) is 0 Å². The first-order valence-corrected chi connectivity index (χ1v) is 6.78. The van der Waals surface area contributed by atoms with Crippen molar-refractivity contribution in [2.24, 2.45) is 0 Å². The molecule has 104 valence electrons. The van der Waals surface area contributed by atoms with Crippen LogP contribution in [0.15, 0.2) is 46.9 Å². The fourth-order valence-electron chi connectivity index (χ4n) is 1.65. The molecule has 0 saturated carbocycles. The van der Waals surface area contributed by atoms with Crippen molar-refractivity contribution < 1.29 is 13.9 Å². The van der Waals surface area contributed by atoms with Gasteiger partial charge in [0.25, 0.3) is 0 Å². The number of anilines is 1. The molecule has 2 rings (SSSR count). The number of halogens is 2. The highest BCUT2D eigenvalue weighted by atomic mass is 79.9. The number of carbonyl (C=O) groups is 1. The summed E-state index contributed by atoms with van der Waals surface area (Å²) in [4.78, 5) is 11.7. The molecular weight excluding hydrogens is 325 g/mol. The summed E-state index contributed by atoms with van der Waals surface area (Å²) < 4.78 is 18.5. The van der Waals surface area contributed by atoms with Crippen molar-refractivity contribution in [1.29, 1.82) is 0 Å². The van der Waals surface area contributed by atoms with Gasteiger partial charge < -0.3 is 10.5 Å². The molecule has 0 heterocycles. The number of benzene rings is 2. The summed E-state index contributed by atoms with van der Waals surface area (Å²) in [6.45, 7) is 0.118. The second-order valence-electron chi connectivity index (χ2n) is 4.33. The summed E-state index contributed by atoms with van der Waals surface area (Å²) in [5, 5.41) is 0. The lowest BCUT2D eigenvalue weighted by molar-refractivity contribution is -0.144. The maximum atomic E-state index is 13.1. The van der Waals surface area contributed by atoms with Crippen LogP contribution < -0.4 is 5.73 Å². The molecule has 0 aliphatic carbocycles. The SMILES string of the molecule is Nc1ccc(CC(=O)OCc2ccc(F)c(Br)c2)cc1. The summed E-state index contributed by atoms with van der Waals surface area (Å²) >= 11 is 3.09. The van der Waals surface area contributed by atoms with Crippen LogP contribution in [0.2, 0.25) is 0 Å². The predicted molar refractivity (Wildman–Crippen MR) is 78.5 cm³/mol. The van der Waals surface area contributed by atoms with E-state index in [1.807, 2.05) is 0 Å². The Hall–Kier alpha value is -1.88. The number of hydrogen-bond donors (Lipinski definition) is 1. The van der Waals surface area contributed by atoms with Crippen LogP contribution >= 0.6 is 15.9 Å². The van der Waals surface area contributed by atoms with Gasteiger partial charge in [-0.1, -0.05) is 18.2 Å². The van der Waals surface area contributed by atoms with Crippen LogP contribution in [0.1, 0.15) is 11.1 Å². The molecule has 0 aromatic heterocycles. The van der Waals surface area contributed by atoms with Crippen LogP contribution in [0.4, 0.5) is 10.1 Å². The van der Waals surface area contributed by atoms with Crippen LogP contribution in [-0.2, 0) is 22.6 Å². The molecule has 0 bridgehead atoms. The summed E-state index contributed by atoms with van der Waals surface area (Å²) in [5.74, 6) is -0.683. The molecule has 0 atom stereocenters. The minimum Gasteiger partial charge on any atom is -0.461 e. The van der Waals surface area contributed by atoms with E-state index in [4.69, 9.17) is 10.5 Å². The van der Waals surface area contributed by atoms with Gasteiger partial charge in [-0.05, 0) is 51.3 Å². The molecule has 2 aromatic rings. The van der Waals surface area contributed by atoms with E-state index in [1.54, 1.807) is 36.4 Å². The number of nitrogen functional groups attached to an aromatic ring is 1. The molecule has 0 fully saturated rings. The van der Waals surface area contributed by atoms with E-state index in [1.165, 1.54) is 6.07 Å². The Morgan fingerprint density at radius 1 is 1.15 bits per heavy atom. The molecule has 2 N–H and O–H groups in total. The van der Waals surface area contributed by atoms with Crippen molar-refractivity contribution in [3.05, 3.63) is 63.9 Å². The first kappa shape index (κ1) is 14.5. The standard InChI is InChI=1S/C15H13BrFNO2/c16-13-7-11(3-6-14(13)17)9-20-15(19)8-10-1-4-12(18)5-2-10/h1-7H,8-9,18H2. The summed E-state index contributed by atoms with van der Waals surface area (Å²) in [6.07, 6.45) is 0.183. The minimum atomic E-state index is -0.345. The molecular formula is C15H13BrFNO2. The van der Waals surface area contributed by atoms with E-state index in [9.17, 15) is 9.18 Å². The minimum absolute atomic E-state index is 0.118. The third-order valence-electron chi connectivity index (χ3n) is 2.71. The molecule has 2 aromatic carbocycles. The van der Waals surface area contributed by atoms with Gasteiger partial charge in [-0.25, -0.2) is 4.39 Å². The van der Waals surface area contributed by atoms with Gasteiger partial charge in [-0.15, -0.1) is 0 Å². The van der Waals surface area contributed by atoms with Crippen LogP contribution in [0.3, 0.4) is 0 Å². The Morgan fingerprint density at radius 3 is 2.45 bits per heavy atom. The zero-order valence-electron chi connectivity index (χ0n) is 10.6. The third-order valence-corrected chi connectivity index (χ3v) is 3.32. The Labute approximate surface area is 124 Å². The predicted octanol–water partition coefficient (Wildman–Crippen LogP) is 3.46. The molecule has 3 nitrogen and oxygen atoms in total. The van der Waals surface area contributed by atoms with E-state index in [0.717, 1.165) is 11.1 Å². The fraction of sp³-hybridized carbons (Fsp3) is 0.133. The van der Waals surface area contributed by atoms with Crippen LogP contribution in [0.25, 0.3) is 0 Å². The highest BCUT2D eigenvalue weighted by Gasteiger charge is 2.06. The molecule has 0 spiro atoms. The van der Waals surface area contributed by atoms with E-state index in [2.05, 4.69) is 15.9 Å². The van der Waals surface area contributed by atoms with E-state index < -0.39 is 0 Å². The molecule has 20 heavy (non-hydrogen) atoms. The van der Waals surface area contributed by atoms with Crippen molar-refractivity contribution in [3.8, 4) is 0 Å². The lowest BCUT2D eigenvalue weighted by Crippen LogP contribution is -2.08. The van der Waals surface area contributed by atoms with Crippen molar-refractivity contribution in [2.45, 2.75) is 13.0 Å². The van der Waals surface area contributed by atoms with Crippen molar-refractivity contribution in [2.75, 3.05) is 5.73 Å². The fourth-order valence-corrected chi connectivity index (χ4v) is 2.07. The van der Waals surface area contributed by atoms with Gasteiger partial charge >= 0.3 is 5.97 Å². The lowest BCUT2D eigenvalue weighted by atomic mass is 10.1. The van der Waals surface area contributed by atoms with E-state index in [-0.39, 0.29) is 24.8 Å². The highest BCUT2D eigenvalue weighted by molar-refractivity contribution is 9.10. The summed E-state index contributed by atoms with van der Waals surface area (Å²) in [7, 11) is 0. The molecule has 0 saturated heterocycles. The average molecular weight is 338 g/mol. The zero-order chi connectivity index (χ0) is 14.5. The Morgan fingerprint density at radius 2 is 1.80 bits per heavy atom. The maximum Gasteiger partial charge on any atom is 0.310 e. The second kappa shape index (κ2) is 6.52. The maximum absolute atomic E-state index is 13.1. The van der Waals surface area contributed by atoms with Gasteiger partial charge in [0.2, 0.25) is 0 Å². The van der Waals surface area contributed by atoms with Gasteiger partial charge in [0.05, 0.1) is 10.9 Å². The van der Waals surface area contributed by atoms with Gasteiger partial charge in [0.15, 0.2) is 0 Å². The Kier molecular flexibility index (Phi) is 4.74. The van der Waals surface area contributed by atoms with Crippen LogP contribution in [0.5, 0.6) is 0 Å². The normalized spacial score (nSPS) is 10.3. The highest BCUT2D eigenvalue weighted by Crippen LogP contribution is 2.17. The molecule has 5 heteroatoms. The first-order valence-electron chi connectivity index (χ1n) is 5.98. The first-order chi connectivity index (χ1) is 9.54. The Balaban J connectivity index is 1.88. The topological polar surface area (TPSA) is 52.3 Å². The average Bonchev–Trinajstić information content (AvgIpc) is 2.43. The smallest absolute Gasteiger partial charge is 0.310 e. The number of hydrogen-bond acceptors (Lipinski definition) is 3. The number of esters is 1. The second-order valence-corrected chi connectivity index (χ2v) is 5.18. The molecule has 0 aliphatic heterocycles. The summed E-state index contributed by atoms with van der Waals surface area (Å²) in [6, 6.07) is 11.5. The van der Waals surface area contributed by atoms with Gasteiger partial charge in [0, 0.05) is 5.69 Å². The van der Waals surface area contributed by atoms with Crippen molar-refractivity contribution in [1.82, 2.24) is 0 Å². The molecule has 0 unspecified atom stereocenters. The van der Waals surface area contributed by atoms with Gasteiger partial charge in [0.1, 0.15) is 12.4 Å². The quantitative estimate of drug-likeness (QED) is 0.686. The Bertz CT molecular complexity index is 614. The zero-order valence-corrected chi connectivity index (χ0v) is 12.2. The van der Waals surface area contributed by atoms with Crippen molar-refractivity contribution in [3.63, 3.8) is 0 Å². The molecule has 0 aliphatic rings. The van der Waals surface area contributed by atoms with E-state index >= 15 is 0 Å². The third kappa shape index (κ3) is 4.06. The van der Waals surface area contributed by atoms with E-state index in [0.29, 0.717) is 10.2 Å². The van der Waals surface area contributed by atoms with Crippen molar-refractivity contribution >= 4 is 27.6 Å². The largest absolute Gasteiger partial charge is 0.461 e. The van der Waals surface area contributed by atoms with Crippen LogP contribution in [-0.4, -0.2) is 5.97 Å². The summed E-state index contributed by atoms with van der Waals surface area (Å²) in [5.41, 5.74) is 7.78. The molecule has 0 radical (unpaired) electrons. The molecule has 0 amide bonds. The lowest BCUT2D eigenvalue weighted by Gasteiger charge is -2.06.